The summed E-state index contributed by atoms with van der Waals surface area (Å²) in [6.07, 6.45) is 2.95. The quantitative estimate of drug-likeness (QED) is 0.436. The summed E-state index contributed by atoms with van der Waals surface area (Å²) in [7, 11) is 0. The van der Waals surface area contributed by atoms with E-state index in [1.54, 1.807) is 11.0 Å². The number of hydrogen-bond donors (Lipinski definition) is 2. The van der Waals surface area contributed by atoms with Gasteiger partial charge in [-0.15, -0.1) is 18.3 Å². The third-order valence-electron chi connectivity index (χ3n) is 8.40. The maximum atomic E-state index is 14.4. The maximum absolute atomic E-state index is 14.4. The van der Waals surface area contributed by atoms with Gasteiger partial charge in [0.1, 0.15) is 6.04 Å². The van der Waals surface area contributed by atoms with Crippen LogP contribution in [0.25, 0.3) is 0 Å². The Kier molecular flexibility index (Phi) is 7.63. The lowest BCUT2D eigenvalue weighted by atomic mass is 9.71. The van der Waals surface area contributed by atoms with Gasteiger partial charge in [0.15, 0.2) is 0 Å². The van der Waals surface area contributed by atoms with Crippen molar-refractivity contribution in [2.45, 2.75) is 34.9 Å². The predicted octanol–water partition coefficient (Wildman–Crippen LogP) is 1.24. The molecule has 1 aromatic rings. The predicted molar refractivity (Wildman–Crippen MR) is 139 cm³/mol. The molecule has 2 N–H and O–H groups in total. The fourth-order valence-corrected chi connectivity index (χ4v) is 8.92. The first-order valence-corrected chi connectivity index (χ1v) is 13.9. The fraction of sp³-hybridized carbons (Fsp3) is 0.593. The minimum Gasteiger partial charge on any atom is -0.481 e. The summed E-state index contributed by atoms with van der Waals surface area (Å²) in [5, 5.41) is 20.4. The summed E-state index contributed by atoms with van der Waals surface area (Å²) in [5.74, 6) is -3.14. The summed E-state index contributed by atoms with van der Waals surface area (Å²) in [6.45, 7) is 7.89. The van der Waals surface area contributed by atoms with Gasteiger partial charge in [-0.25, -0.2) is 0 Å². The zero-order chi connectivity index (χ0) is 26.2. The molecule has 1 aromatic carbocycles. The second-order valence-electron chi connectivity index (χ2n) is 10.3. The van der Waals surface area contributed by atoms with Gasteiger partial charge in [0.2, 0.25) is 11.8 Å². The first-order chi connectivity index (χ1) is 17.9. The highest BCUT2D eigenvalue weighted by Gasteiger charge is 2.74. The standard InChI is InChI=1S/C27H35N3O6S/c1-2-10-29(12-11-28-13-15-36-16-14-28)25(33)23-27-9-8-20(37-27)21(26(34)35)22(27)24(32)30(23)19(17-31)18-6-4-3-5-7-18/h2-7,19-23,31H,1,8-17H2,(H,34,35)/t19-,20+,21-,22+,23?,27?/m1/s1. The van der Waals surface area contributed by atoms with Gasteiger partial charge in [0, 0.05) is 38.0 Å². The highest BCUT2D eigenvalue weighted by atomic mass is 32.2. The van der Waals surface area contributed by atoms with Crippen LogP contribution in [0.5, 0.6) is 0 Å². The number of carbonyl (C=O) groups is 3. The van der Waals surface area contributed by atoms with Gasteiger partial charge in [0.25, 0.3) is 0 Å². The van der Waals surface area contributed by atoms with E-state index in [2.05, 4.69) is 11.5 Å². The first kappa shape index (κ1) is 26.2. The summed E-state index contributed by atoms with van der Waals surface area (Å²) in [6, 6.07) is 7.60. The number of nitrogens with zero attached hydrogens (tertiary/aromatic N) is 3. The zero-order valence-electron chi connectivity index (χ0n) is 20.9. The Bertz CT molecular complexity index is 1030. The van der Waals surface area contributed by atoms with E-state index in [0.29, 0.717) is 45.7 Å². The number of aliphatic carboxylic acids is 1. The molecular formula is C27H35N3O6S. The molecule has 4 heterocycles. The lowest BCUT2D eigenvalue weighted by molar-refractivity contribution is -0.150. The van der Waals surface area contributed by atoms with Crippen LogP contribution in [-0.4, -0.2) is 111 Å². The van der Waals surface area contributed by atoms with E-state index in [0.717, 1.165) is 18.7 Å². The molecular weight excluding hydrogens is 494 g/mol. The molecule has 0 aromatic heterocycles. The molecule has 37 heavy (non-hydrogen) atoms. The van der Waals surface area contributed by atoms with Gasteiger partial charge < -0.3 is 24.7 Å². The van der Waals surface area contributed by atoms with Crippen molar-refractivity contribution in [3.05, 3.63) is 48.6 Å². The van der Waals surface area contributed by atoms with Crippen LogP contribution < -0.4 is 0 Å². The molecule has 2 bridgehead atoms. The number of likely N-dealkylation sites (tertiary alicyclic amines) is 1. The number of amides is 2. The monoisotopic (exact) mass is 529 g/mol. The van der Waals surface area contributed by atoms with Crippen LogP contribution in [0, 0.1) is 11.8 Å². The number of aliphatic hydroxyl groups excluding tert-OH is 1. The summed E-state index contributed by atoms with van der Waals surface area (Å²) in [5.41, 5.74) is 0.725. The molecule has 4 aliphatic rings. The third-order valence-corrected chi connectivity index (χ3v) is 10.4. The fourth-order valence-electron chi connectivity index (χ4n) is 6.72. The van der Waals surface area contributed by atoms with Crippen molar-refractivity contribution in [3.63, 3.8) is 0 Å². The Labute approximate surface area is 221 Å². The molecule has 0 radical (unpaired) electrons. The van der Waals surface area contributed by atoms with Crippen molar-refractivity contribution < 1.29 is 29.3 Å². The number of hydrogen-bond acceptors (Lipinski definition) is 7. The second kappa shape index (κ2) is 10.8. The van der Waals surface area contributed by atoms with Gasteiger partial charge >= 0.3 is 5.97 Å². The SMILES string of the molecule is C=CCN(CCN1CCOCC1)C(=O)C1N([C@H](CO)c2ccccc2)C(=O)[C@@H]2[C@H](C(=O)O)[C@@H]3CCC12S3. The molecule has 2 unspecified atom stereocenters. The molecule has 9 nitrogen and oxygen atoms in total. The Morgan fingerprint density at radius 3 is 2.65 bits per heavy atom. The maximum Gasteiger partial charge on any atom is 0.308 e. The third kappa shape index (κ3) is 4.47. The van der Waals surface area contributed by atoms with E-state index in [4.69, 9.17) is 4.74 Å². The van der Waals surface area contributed by atoms with Crippen molar-refractivity contribution in [3.8, 4) is 0 Å². The minimum atomic E-state index is -0.985. The number of carboxylic acids is 1. The molecule has 4 fully saturated rings. The molecule has 4 aliphatic heterocycles. The highest BCUT2D eigenvalue weighted by molar-refractivity contribution is 8.02. The number of carbonyl (C=O) groups excluding carboxylic acids is 2. The molecule has 2 amide bonds. The van der Waals surface area contributed by atoms with Crippen molar-refractivity contribution in [1.82, 2.24) is 14.7 Å². The van der Waals surface area contributed by atoms with E-state index in [9.17, 15) is 24.6 Å². The largest absolute Gasteiger partial charge is 0.481 e. The molecule has 6 atom stereocenters. The van der Waals surface area contributed by atoms with Crippen LogP contribution in [0.2, 0.25) is 0 Å². The van der Waals surface area contributed by atoms with Crippen LogP contribution in [0.3, 0.4) is 0 Å². The van der Waals surface area contributed by atoms with Crippen molar-refractivity contribution in [2.24, 2.45) is 11.8 Å². The highest BCUT2D eigenvalue weighted by Crippen LogP contribution is 2.67. The number of morpholine rings is 1. The number of fused-ring (bicyclic) bond motifs is 1. The Balaban J connectivity index is 1.52. The molecule has 4 saturated heterocycles. The summed E-state index contributed by atoms with van der Waals surface area (Å²) < 4.78 is 4.62. The van der Waals surface area contributed by atoms with E-state index in [-0.39, 0.29) is 23.7 Å². The van der Waals surface area contributed by atoms with Crippen molar-refractivity contribution in [1.29, 1.82) is 0 Å². The summed E-state index contributed by atoms with van der Waals surface area (Å²) in [4.78, 5) is 46.3. The van der Waals surface area contributed by atoms with Crippen LogP contribution in [-0.2, 0) is 19.1 Å². The number of carboxylic acid groups (broad SMARTS) is 1. The van der Waals surface area contributed by atoms with Crippen LogP contribution in [0.4, 0.5) is 0 Å². The number of thioether (sulfide) groups is 1. The van der Waals surface area contributed by atoms with E-state index < -0.39 is 34.6 Å². The van der Waals surface area contributed by atoms with Crippen molar-refractivity contribution in [2.75, 3.05) is 52.5 Å². The van der Waals surface area contributed by atoms with E-state index >= 15 is 0 Å². The lowest BCUT2D eigenvalue weighted by Crippen LogP contribution is -2.56. The second-order valence-corrected chi connectivity index (χ2v) is 11.9. The van der Waals surface area contributed by atoms with Crippen LogP contribution in [0.15, 0.2) is 43.0 Å². The van der Waals surface area contributed by atoms with Gasteiger partial charge in [0.05, 0.1) is 42.4 Å². The Hall–Kier alpha value is -2.40. The molecule has 0 aliphatic carbocycles. The Morgan fingerprint density at radius 2 is 2.00 bits per heavy atom. The Morgan fingerprint density at radius 1 is 1.27 bits per heavy atom. The number of aliphatic hydroxyl groups is 1. The number of ether oxygens (including phenoxy) is 1. The van der Waals surface area contributed by atoms with Gasteiger partial charge in [-0.1, -0.05) is 36.4 Å². The number of rotatable bonds is 10. The topological polar surface area (TPSA) is 111 Å². The molecule has 200 valence electrons. The van der Waals surface area contributed by atoms with Gasteiger partial charge in [-0.2, -0.15) is 0 Å². The minimum absolute atomic E-state index is 0.186. The molecule has 1 spiro atoms. The van der Waals surface area contributed by atoms with Gasteiger partial charge in [-0.3, -0.25) is 19.3 Å². The van der Waals surface area contributed by atoms with E-state index in [1.165, 1.54) is 16.7 Å². The normalized spacial score (nSPS) is 31.8. The molecule has 10 heteroatoms. The molecule has 5 rings (SSSR count). The van der Waals surface area contributed by atoms with Crippen LogP contribution >= 0.6 is 11.8 Å². The first-order valence-electron chi connectivity index (χ1n) is 13.0. The average Bonchev–Trinajstić information content (AvgIpc) is 3.56. The van der Waals surface area contributed by atoms with E-state index in [1.807, 2.05) is 30.3 Å². The summed E-state index contributed by atoms with van der Waals surface area (Å²) >= 11 is 1.51. The smallest absolute Gasteiger partial charge is 0.308 e. The van der Waals surface area contributed by atoms with Gasteiger partial charge in [-0.05, 0) is 18.4 Å². The molecule has 0 saturated carbocycles. The number of benzene rings is 1. The lowest BCUT2D eigenvalue weighted by Gasteiger charge is -2.40. The van der Waals surface area contributed by atoms with Crippen LogP contribution in [0.1, 0.15) is 24.4 Å². The zero-order valence-corrected chi connectivity index (χ0v) is 21.7. The average molecular weight is 530 g/mol. The van der Waals surface area contributed by atoms with Crippen molar-refractivity contribution >= 4 is 29.5 Å².